The van der Waals surface area contributed by atoms with Gasteiger partial charge in [0.05, 0.1) is 19.3 Å². The second kappa shape index (κ2) is 7.67. The van der Waals surface area contributed by atoms with Gasteiger partial charge in [0.2, 0.25) is 5.91 Å². The van der Waals surface area contributed by atoms with Crippen molar-refractivity contribution >= 4 is 5.91 Å². The molecule has 4 heterocycles. The number of nitrogens with zero attached hydrogens (tertiary/aromatic N) is 2. The van der Waals surface area contributed by atoms with Gasteiger partial charge in [0, 0.05) is 25.6 Å². The van der Waals surface area contributed by atoms with Crippen LogP contribution in [0, 0.1) is 12.8 Å². The van der Waals surface area contributed by atoms with Gasteiger partial charge in [0.1, 0.15) is 6.61 Å². The predicted octanol–water partition coefficient (Wildman–Crippen LogP) is 2.05. The molecule has 0 aromatic heterocycles. The fourth-order valence-corrected chi connectivity index (χ4v) is 5.20. The molecule has 2 bridgehead atoms. The van der Waals surface area contributed by atoms with E-state index in [1.807, 2.05) is 0 Å². The molecule has 4 saturated heterocycles. The molecule has 5 heteroatoms. The number of amides is 1. The Bertz CT molecular complexity index is 625. The molecule has 3 atom stereocenters. The highest BCUT2D eigenvalue weighted by Crippen LogP contribution is 2.46. The first kappa shape index (κ1) is 18.0. The van der Waals surface area contributed by atoms with Crippen molar-refractivity contribution in [2.75, 3.05) is 46.6 Å². The van der Waals surface area contributed by atoms with Gasteiger partial charge in [-0.1, -0.05) is 29.8 Å². The Labute approximate surface area is 156 Å². The van der Waals surface area contributed by atoms with Crippen LogP contribution in [0.2, 0.25) is 0 Å². The van der Waals surface area contributed by atoms with E-state index in [-0.39, 0.29) is 12.5 Å². The smallest absolute Gasteiger partial charge is 0.248 e. The molecule has 1 aromatic carbocycles. The number of methoxy groups -OCH3 is 1. The van der Waals surface area contributed by atoms with Crippen molar-refractivity contribution in [2.24, 2.45) is 5.92 Å². The van der Waals surface area contributed by atoms with E-state index in [2.05, 4.69) is 41.0 Å². The molecule has 0 aliphatic carbocycles. The summed E-state index contributed by atoms with van der Waals surface area (Å²) in [4.78, 5) is 17.7. The van der Waals surface area contributed by atoms with Gasteiger partial charge in [-0.3, -0.25) is 9.69 Å². The fourth-order valence-electron chi connectivity index (χ4n) is 5.20. The number of aryl methyl sites for hydroxylation is 1. The second-order valence-electron chi connectivity index (χ2n) is 7.96. The number of ether oxygens (including phenoxy) is 2. The topological polar surface area (TPSA) is 42.0 Å². The highest BCUT2D eigenvalue weighted by atomic mass is 16.5. The Balaban J connectivity index is 1.54. The minimum Gasteiger partial charge on any atom is -0.382 e. The first-order valence-electron chi connectivity index (χ1n) is 9.86. The number of carbonyl (C=O) groups is 1. The molecule has 142 valence electrons. The Morgan fingerprint density at radius 3 is 2.54 bits per heavy atom. The Morgan fingerprint density at radius 1 is 1.12 bits per heavy atom. The van der Waals surface area contributed by atoms with Gasteiger partial charge in [0.15, 0.2) is 0 Å². The molecule has 5 rings (SSSR count). The summed E-state index contributed by atoms with van der Waals surface area (Å²) in [5.41, 5.74) is 2.65. The lowest BCUT2D eigenvalue weighted by Crippen LogP contribution is -2.61. The summed E-state index contributed by atoms with van der Waals surface area (Å²) in [6.45, 7) is 6.47. The molecular formula is C21H30N2O3. The van der Waals surface area contributed by atoms with Gasteiger partial charge in [-0.05, 0) is 44.3 Å². The second-order valence-corrected chi connectivity index (χ2v) is 7.96. The largest absolute Gasteiger partial charge is 0.382 e. The summed E-state index contributed by atoms with van der Waals surface area (Å²) in [5.74, 6) is 1.19. The van der Waals surface area contributed by atoms with E-state index in [1.54, 1.807) is 7.11 Å². The summed E-state index contributed by atoms with van der Waals surface area (Å²) < 4.78 is 10.5. The molecule has 4 aliphatic rings. The molecular weight excluding hydrogens is 328 g/mol. The first-order valence-corrected chi connectivity index (χ1v) is 9.86. The molecule has 1 aromatic rings. The van der Waals surface area contributed by atoms with Crippen molar-refractivity contribution < 1.29 is 14.3 Å². The number of hydrogen-bond donors (Lipinski definition) is 0. The van der Waals surface area contributed by atoms with E-state index >= 15 is 0 Å². The molecule has 0 radical (unpaired) electrons. The van der Waals surface area contributed by atoms with Crippen molar-refractivity contribution in [3.8, 4) is 0 Å². The highest BCUT2D eigenvalue weighted by molar-refractivity contribution is 5.78. The standard InChI is InChI=1S/C21H30N2O3/c1-15-3-5-16(6-4-15)18-13-23(19(24)14-26-12-11-25-2)20-17-7-9-22(10-8-17)21(18)20/h3-6,17-18,20-21H,7-14H2,1-2H3/t18-,20+,21+/m0/s1. The molecule has 0 N–H and O–H groups in total. The monoisotopic (exact) mass is 358 g/mol. The van der Waals surface area contributed by atoms with Gasteiger partial charge in [-0.25, -0.2) is 0 Å². The molecule has 0 saturated carbocycles. The van der Waals surface area contributed by atoms with E-state index in [0.29, 0.717) is 37.1 Å². The molecule has 5 nitrogen and oxygen atoms in total. The number of carbonyl (C=O) groups excluding carboxylic acids is 1. The van der Waals surface area contributed by atoms with Crippen molar-refractivity contribution in [2.45, 2.75) is 37.8 Å². The minimum absolute atomic E-state index is 0.138. The first-order chi connectivity index (χ1) is 12.7. The average Bonchev–Trinajstić information content (AvgIpc) is 3.10. The summed E-state index contributed by atoms with van der Waals surface area (Å²) in [6.07, 6.45) is 2.44. The average molecular weight is 358 g/mol. The Morgan fingerprint density at radius 2 is 1.85 bits per heavy atom. The van der Waals surface area contributed by atoms with Crippen LogP contribution in [0.15, 0.2) is 24.3 Å². The SMILES string of the molecule is COCCOCC(=O)N1C[C@@H](c2ccc(C)cc2)[C@@H]2[C@H]1C1CCN2CC1. The Kier molecular flexibility index (Phi) is 5.30. The summed E-state index contributed by atoms with van der Waals surface area (Å²) in [5, 5.41) is 0. The zero-order chi connectivity index (χ0) is 18.1. The van der Waals surface area contributed by atoms with Crippen LogP contribution < -0.4 is 0 Å². The van der Waals surface area contributed by atoms with Crippen molar-refractivity contribution in [1.82, 2.24) is 9.80 Å². The zero-order valence-corrected chi connectivity index (χ0v) is 15.9. The zero-order valence-electron chi connectivity index (χ0n) is 15.9. The number of rotatable bonds is 6. The number of likely N-dealkylation sites (tertiary alicyclic amines) is 1. The van der Waals surface area contributed by atoms with Gasteiger partial charge in [-0.15, -0.1) is 0 Å². The molecule has 4 fully saturated rings. The highest BCUT2D eigenvalue weighted by Gasteiger charge is 2.54. The van der Waals surface area contributed by atoms with Crippen molar-refractivity contribution in [3.05, 3.63) is 35.4 Å². The van der Waals surface area contributed by atoms with E-state index in [4.69, 9.17) is 9.47 Å². The molecule has 0 unspecified atom stereocenters. The summed E-state index contributed by atoms with van der Waals surface area (Å²) >= 11 is 0. The van der Waals surface area contributed by atoms with Crippen LogP contribution in [0.4, 0.5) is 0 Å². The Hall–Kier alpha value is -1.43. The van der Waals surface area contributed by atoms with Crippen LogP contribution in [0.1, 0.15) is 29.9 Å². The van der Waals surface area contributed by atoms with Gasteiger partial charge < -0.3 is 14.4 Å². The lowest BCUT2D eigenvalue weighted by molar-refractivity contribution is -0.141. The molecule has 1 amide bonds. The quantitative estimate of drug-likeness (QED) is 0.730. The van der Waals surface area contributed by atoms with Gasteiger partial charge in [-0.2, -0.15) is 0 Å². The van der Waals surface area contributed by atoms with E-state index in [9.17, 15) is 4.79 Å². The lowest BCUT2D eigenvalue weighted by Gasteiger charge is -2.51. The van der Waals surface area contributed by atoms with Crippen LogP contribution in [-0.4, -0.2) is 74.4 Å². The fraction of sp³-hybridized carbons (Fsp3) is 0.667. The number of fused-ring (bicyclic) bond motifs is 2. The van der Waals surface area contributed by atoms with Crippen LogP contribution >= 0.6 is 0 Å². The maximum Gasteiger partial charge on any atom is 0.248 e. The van der Waals surface area contributed by atoms with Crippen molar-refractivity contribution in [1.29, 1.82) is 0 Å². The minimum atomic E-state index is 0.138. The number of hydrogen-bond acceptors (Lipinski definition) is 4. The maximum absolute atomic E-state index is 12.9. The van der Waals surface area contributed by atoms with Gasteiger partial charge >= 0.3 is 0 Å². The third-order valence-electron chi connectivity index (χ3n) is 6.48. The van der Waals surface area contributed by atoms with Gasteiger partial charge in [0.25, 0.3) is 0 Å². The van der Waals surface area contributed by atoms with Crippen LogP contribution in [0.5, 0.6) is 0 Å². The van der Waals surface area contributed by atoms with Crippen molar-refractivity contribution in [3.63, 3.8) is 0 Å². The van der Waals surface area contributed by atoms with E-state index < -0.39 is 0 Å². The number of piperidine rings is 3. The normalized spacial score (nSPS) is 32.7. The molecule has 26 heavy (non-hydrogen) atoms. The third kappa shape index (κ3) is 3.28. The van der Waals surface area contributed by atoms with Crippen LogP contribution in [0.3, 0.4) is 0 Å². The maximum atomic E-state index is 12.9. The third-order valence-corrected chi connectivity index (χ3v) is 6.48. The number of benzene rings is 1. The van der Waals surface area contributed by atoms with Crippen LogP contribution in [-0.2, 0) is 14.3 Å². The summed E-state index contributed by atoms with van der Waals surface area (Å²) in [7, 11) is 1.65. The lowest BCUT2D eigenvalue weighted by atomic mass is 9.75. The van der Waals surface area contributed by atoms with E-state index in [1.165, 1.54) is 37.1 Å². The molecule has 0 spiro atoms. The van der Waals surface area contributed by atoms with Crippen LogP contribution in [0.25, 0.3) is 0 Å². The molecule has 4 aliphatic heterocycles. The van der Waals surface area contributed by atoms with E-state index in [0.717, 1.165) is 6.54 Å². The predicted molar refractivity (Wildman–Crippen MR) is 100 cm³/mol. The summed E-state index contributed by atoms with van der Waals surface area (Å²) in [6, 6.07) is 9.71.